The number of aryl methyl sites for hydroxylation is 2. The summed E-state index contributed by atoms with van der Waals surface area (Å²) in [5.74, 6) is 0.0204. The molecule has 3 aromatic rings. The topological polar surface area (TPSA) is 33.5 Å². The number of fused-ring (bicyclic) bond motifs is 1. The fraction of sp³-hybridized carbons (Fsp3) is 0.250. The van der Waals surface area contributed by atoms with Gasteiger partial charge >= 0.3 is 0 Å². The molecule has 130 valence electrons. The van der Waals surface area contributed by atoms with Crippen LogP contribution in [-0.2, 0) is 17.8 Å². The Labute approximate surface area is 157 Å². The number of halogens is 2. The van der Waals surface area contributed by atoms with Crippen molar-refractivity contribution in [2.75, 3.05) is 7.05 Å². The van der Waals surface area contributed by atoms with Gasteiger partial charge in [0.05, 0.1) is 22.7 Å². The van der Waals surface area contributed by atoms with Crippen LogP contribution >= 0.6 is 23.2 Å². The highest BCUT2D eigenvalue weighted by Gasteiger charge is 2.15. The van der Waals surface area contributed by atoms with Gasteiger partial charge in [-0.2, -0.15) is 0 Å². The van der Waals surface area contributed by atoms with Gasteiger partial charge in [-0.1, -0.05) is 29.3 Å². The zero-order valence-corrected chi connectivity index (χ0v) is 15.9. The van der Waals surface area contributed by atoms with Crippen molar-refractivity contribution >= 4 is 40.1 Å². The van der Waals surface area contributed by atoms with Gasteiger partial charge in [0.2, 0.25) is 5.91 Å². The molecule has 0 unspecified atom stereocenters. The standard InChI is InChI=1S/C20H19Cl2NO2/c1-12-6-16-15(11-25-19(16)7-13(12)2)9-20(24)23(3)10-14-4-5-17(21)18(22)8-14/h4-8,11H,9-10H2,1-3H3. The highest BCUT2D eigenvalue weighted by atomic mass is 35.5. The molecule has 0 N–H and O–H groups in total. The molecule has 0 saturated carbocycles. The van der Waals surface area contributed by atoms with Crippen molar-refractivity contribution in [3.05, 3.63) is 68.9 Å². The van der Waals surface area contributed by atoms with Crippen LogP contribution in [0.1, 0.15) is 22.3 Å². The van der Waals surface area contributed by atoms with Crippen LogP contribution < -0.4 is 0 Å². The zero-order chi connectivity index (χ0) is 18.1. The number of furan rings is 1. The summed E-state index contributed by atoms with van der Waals surface area (Å²) in [6, 6.07) is 9.49. The van der Waals surface area contributed by atoms with Crippen LogP contribution in [0.4, 0.5) is 0 Å². The fourth-order valence-electron chi connectivity index (χ4n) is 2.77. The number of likely N-dealkylation sites (N-methyl/N-ethyl adjacent to an activating group) is 1. The molecule has 0 radical (unpaired) electrons. The molecule has 3 nitrogen and oxygen atoms in total. The number of carbonyl (C=O) groups excluding carboxylic acids is 1. The molecule has 0 aliphatic rings. The van der Waals surface area contributed by atoms with Crippen LogP contribution in [0.25, 0.3) is 11.0 Å². The lowest BCUT2D eigenvalue weighted by molar-refractivity contribution is -0.129. The van der Waals surface area contributed by atoms with Gasteiger partial charge in [-0.25, -0.2) is 0 Å². The molecule has 0 bridgehead atoms. The van der Waals surface area contributed by atoms with E-state index in [-0.39, 0.29) is 5.91 Å². The van der Waals surface area contributed by atoms with Gasteiger partial charge in [0.1, 0.15) is 5.58 Å². The van der Waals surface area contributed by atoms with Gasteiger partial charge in [0, 0.05) is 24.5 Å². The Balaban J connectivity index is 1.75. The predicted molar refractivity (Wildman–Crippen MR) is 102 cm³/mol. The number of benzene rings is 2. The first kappa shape index (κ1) is 17.8. The van der Waals surface area contributed by atoms with Crippen molar-refractivity contribution in [1.29, 1.82) is 0 Å². The van der Waals surface area contributed by atoms with E-state index in [1.54, 1.807) is 30.3 Å². The minimum absolute atomic E-state index is 0.0204. The Hall–Kier alpha value is -1.97. The third-order valence-corrected chi connectivity index (χ3v) is 5.18. The average Bonchev–Trinajstić information content (AvgIpc) is 2.93. The number of nitrogens with zero attached hydrogens (tertiary/aromatic N) is 1. The Morgan fingerprint density at radius 3 is 2.52 bits per heavy atom. The molecule has 25 heavy (non-hydrogen) atoms. The van der Waals surface area contributed by atoms with Crippen molar-refractivity contribution in [2.24, 2.45) is 0 Å². The summed E-state index contributed by atoms with van der Waals surface area (Å²) >= 11 is 12.0. The maximum Gasteiger partial charge on any atom is 0.227 e. The van der Waals surface area contributed by atoms with Gasteiger partial charge in [-0.05, 0) is 54.8 Å². The normalized spacial score (nSPS) is 11.1. The maximum atomic E-state index is 12.6. The molecule has 5 heteroatoms. The molecule has 1 amide bonds. The molecule has 0 fully saturated rings. The Morgan fingerprint density at radius 1 is 1.08 bits per heavy atom. The van der Waals surface area contributed by atoms with E-state index in [1.165, 1.54) is 11.1 Å². The summed E-state index contributed by atoms with van der Waals surface area (Å²) in [6.07, 6.45) is 1.97. The summed E-state index contributed by atoms with van der Waals surface area (Å²) in [6.45, 7) is 4.58. The van der Waals surface area contributed by atoms with E-state index in [9.17, 15) is 4.79 Å². The van der Waals surface area contributed by atoms with Crippen molar-refractivity contribution < 1.29 is 9.21 Å². The molecule has 1 heterocycles. The highest BCUT2D eigenvalue weighted by Crippen LogP contribution is 2.26. The van der Waals surface area contributed by atoms with E-state index >= 15 is 0 Å². The lowest BCUT2D eigenvalue weighted by Gasteiger charge is -2.17. The summed E-state index contributed by atoms with van der Waals surface area (Å²) in [7, 11) is 1.78. The summed E-state index contributed by atoms with van der Waals surface area (Å²) in [5, 5.41) is 2.00. The van der Waals surface area contributed by atoms with E-state index in [1.807, 2.05) is 19.1 Å². The Bertz CT molecular complexity index is 946. The number of hydrogen-bond donors (Lipinski definition) is 0. The first-order valence-corrected chi connectivity index (χ1v) is 8.76. The minimum atomic E-state index is 0.0204. The first-order chi connectivity index (χ1) is 11.8. The Morgan fingerprint density at radius 2 is 1.80 bits per heavy atom. The van der Waals surface area contributed by atoms with Crippen molar-refractivity contribution in [3.8, 4) is 0 Å². The molecule has 1 aromatic heterocycles. The lowest BCUT2D eigenvalue weighted by Crippen LogP contribution is -2.27. The van der Waals surface area contributed by atoms with Crippen LogP contribution in [0.3, 0.4) is 0 Å². The molecule has 0 spiro atoms. The number of amides is 1. The van der Waals surface area contributed by atoms with E-state index in [0.29, 0.717) is 23.0 Å². The van der Waals surface area contributed by atoms with Gasteiger partial charge < -0.3 is 9.32 Å². The number of rotatable bonds is 4. The summed E-state index contributed by atoms with van der Waals surface area (Å²) in [4.78, 5) is 14.3. The average molecular weight is 376 g/mol. The van der Waals surface area contributed by atoms with Gasteiger partial charge in [-0.3, -0.25) is 4.79 Å². The molecular weight excluding hydrogens is 357 g/mol. The van der Waals surface area contributed by atoms with Crippen molar-refractivity contribution in [2.45, 2.75) is 26.8 Å². The molecule has 0 atom stereocenters. The molecule has 2 aromatic carbocycles. The van der Waals surface area contributed by atoms with Crippen LogP contribution in [0.15, 0.2) is 41.0 Å². The monoisotopic (exact) mass is 375 g/mol. The van der Waals surface area contributed by atoms with E-state index in [4.69, 9.17) is 27.6 Å². The maximum absolute atomic E-state index is 12.6. The summed E-state index contributed by atoms with van der Waals surface area (Å²) < 4.78 is 5.61. The molecule has 0 aliphatic carbocycles. The summed E-state index contributed by atoms with van der Waals surface area (Å²) in [5.41, 5.74) is 5.03. The fourth-order valence-corrected chi connectivity index (χ4v) is 3.09. The lowest BCUT2D eigenvalue weighted by atomic mass is 10.0. The SMILES string of the molecule is Cc1cc2occ(CC(=O)N(C)Cc3ccc(Cl)c(Cl)c3)c2cc1C. The quantitative estimate of drug-likeness (QED) is 0.598. The Kier molecular flexibility index (Phi) is 5.07. The van der Waals surface area contributed by atoms with Crippen LogP contribution in [-0.4, -0.2) is 17.9 Å². The second kappa shape index (κ2) is 7.11. The van der Waals surface area contributed by atoms with Crippen LogP contribution in [0.2, 0.25) is 10.0 Å². The van der Waals surface area contributed by atoms with Gasteiger partial charge in [-0.15, -0.1) is 0 Å². The van der Waals surface area contributed by atoms with Gasteiger partial charge in [0.25, 0.3) is 0 Å². The molecular formula is C20H19Cl2NO2. The number of hydrogen-bond acceptors (Lipinski definition) is 2. The molecule has 0 aliphatic heterocycles. The third kappa shape index (κ3) is 3.83. The predicted octanol–water partition coefficient (Wildman–Crippen LogP) is 5.56. The molecule has 3 rings (SSSR count). The number of carbonyl (C=O) groups is 1. The minimum Gasteiger partial charge on any atom is -0.464 e. The van der Waals surface area contributed by atoms with E-state index in [2.05, 4.69) is 13.0 Å². The zero-order valence-electron chi connectivity index (χ0n) is 14.4. The second-order valence-electron chi connectivity index (χ2n) is 6.37. The largest absolute Gasteiger partial charge is 0.464 e. The highest BCUT2D eigenvalue weighted by molar-refractivity contribution is 6.42. The van der Waals surface area contributed by atoms with Gasteiger partial charge in [0.15, 0.2) is 0 Å². The van der Waals surface area contributed by atoms with E-state index < -0.39 is 0 Å². The van der Waals surface area contributed by atoms with E-state index in [0.717, 1.165) is 22.1 Å². The second-order valence-corrected chi connectivity index (χ2v) is 7.18. The van der Waals surface area contributed by atoms with Crippen LogP contribution in [0.5, 0.6) is 0 Å². The first-order valence-electron chi connectivity index (χ1n) is 8.00. The third-order valence-electron chi connectivity index (χ3n) is 4.44. The molecule has 0 saturated heterocycles. The van der Waals surface area contributed by atoms with Crippen molar-refractivity contribution in [1.82, 2.24) is 4.90 Å². The van der Waals surface area contributed by atoms with Crippen molar-refractivity contribution in [3.63, 3.8) is 0 Å². The smallest absolute Gasteiger partial charge is 0.227 e. The van der Waals surface area contributed by atoms with Crippen LogP contribution in [0, 0.1) is 13.8 Å².